The molecule has 5 rings (SSSR count). The van der Waals surface area contributed by atoms with Gasteiger partial charge in [-0.2, -0.15) is 0 Å². The normalized spacial score (nSPS) is 34.0. The van der Waals surface area contributed by atoms with Crippen LogP contribution < -0.4 is 0 Å². The van der Waals surface area contributed by atoms with Gasteiger partial charge in [-0.05, 0) is 38.3 Å². The van der Waals surface area contributed by atoms with Crippen molar-refractivity contribution in [2.75, 3.05) is 33.0 Å². The van der Waals surface area contributed by atoms with Crippen LogP contribution in [0.15, 0.2) is 42.0 Å². The van der Waals surface area contributed by atoms with Crippen LogP contribution >= 0.6 is 0 Å². The zero-order valence-electron chi connectivity index (χ0n) is 18.2. The van der Waals surface area contributed by atoms with Gasteiger partial charge in [0.25, 0.3) is 0 Å². The molecule has 0 aromatic heterocycles. The molecule has 0 unspecified atom stereocenters. The summed E-state index contributed by atoms with van der Waals surface area (Å²) in [7, 11) is 0. The first-order valence-electron chi connectivity index (χ1n) is 11.2. The van der Waals surface area contributed by atoms with E-state index in [2.05, 4.69) is 11.8 Å². The summed E-state index contributed by atoms with van der Waals surface area (Å²) in [4.78, 5) is 30.0. The Kier molecular flexibility index (Phi) is 5.06. The molecular formula is C24H30N2O5. The minimum Gasteiger partial charge on any atom is -0.463 e. The van der Waals surface area contributed by atoms with Crippen molar-refractivity contribution in [2.24, 2.45) is 11.3 Å². The first-order chi connectivity index (χ1) is 15.0. The second-order valence-corrected chi connectivity index (χ2v) is 9.28. The first-order valence-corrected chi connectivity index (χ1v) is 11.2. The second-order valence-electron chi connectivity index (χ2n) is 9.28. The number of amides is 1. The van der Waals surface area contributed by atoms with Crippen LogP contribution in [-0.4, -0.2) is 66.5 Å². The van der Waals surface area contributed by atoms with Crippen LogP contribution in [0.2, 0.25) is 0 Å². The van der Waals surface area contributed by atoms with Crippen LogP contribution in [0.5, 0.6) is 0 Å². The van der Waals surface area contributed by atoms with Gasteiger partial charge in [-0.15, -0.1) is 0 Å². The summed E-state index contributed by atoms with van der Waals surface area (Å²) in [5.41, 5.74) is 0.914. The molecule has 31 heavy (non-hydrogen) atoms. The average molecular weight is 427 g/mol. The molecule has 3 saturated heterocycles. The fourth-order valence-electron chi connectivity index (χ4n) is 6.38. The number of hydrogen-bond donors (Lipinski definition) is 0. The van der Waals surface area contributed by atoms with Gasteiger partial charge >= 0.3 is 12.1 Å². The third-order valence-electron chi connectivity index (χ3n) is 7.52. The highest BCUT2D eigenvalue weighted by molar-refractivity contribution is 5.90. The number of ether oxygens (including phenoxy) is 3. The molecule has 166 valence electrons. The Morgan fingerprint density at radius 2 is 2.00 bits per heavy atom. The summed E-state index contributed by atoms with van der Waals surface area (Å²) in [6.07, 6.45) is 3.38. The minimum atomic E-state index is -0.550. The molecule has 1 aromatic rings. The molecule has 7 nitrogen and oxygen atoms in total. The van der Waals surface area contributed by atoms with Gasteiger partial charge in [0, 0.05) is 36.5 Å². The topological polar surface area (TPSA) is 68.3 Å². The third kappa shape index (κ3) is 3.26. The van der Waals surface area contributed by atoms with E-state index in [1.165, 1.54) is 0 Å². The SMILES string of the molecule is CCOC(=O)C1=C[C@]2(C)OCN3CC[C@@]4(CN(C(=O)OCc5ccccc5)CC[C@@H]14)[C@@H]32. The number of rotatable bonds is 4. The highest BCUT2D eigenvalue weighted by Gasteiger charge is 2.67. The van der Waals surface area contributed by atoms with Crippen molar-refractivity contribution in [2.45, 2.75) is 44.9 Å². The van der Waals surface area contributed by atoms with Crippen molar-refractivity contribution in [1.29, 1.82) is 0 Å². The lowest BCUT2D eigenvalue weighted by Gasteiger charge is -2.54. The van der Waals surface area contributed by atoms with Crippen LogP contribution in [0.3, 0.4) is 0 Å². The Morgan fingerprint density at radius 1 is 1.19 bits per heavy atom. The van der Waals surface area contributed by atoms with Gasteiger partial charge in [0.2, 0.25) is 0 Å². The standard InChI is InChI=1S/C24H30N2O5/c1-3-29-20(27)18-13-23(2)21-24(10-12-26(21)16-31-23)15-25(11-9-19(18)24)22(28)30-14-17-7-5-4-6-8-17/h4-8,13,19,21H,3,9-12,14-16H2,1-2H3/t19-,21-,23-,24-/m0/s1. The predicted octanol–water partition coefficient (Wildman–Crippen LogP) is 2.96. The molecule has 4 atom stereocenters. The summed E-state index contributed by atoms with van der Waals surface area (Å²) < 4.78 is 17.2. The van der Waals surface area contributed by atoms with Crippen LogP contribution in [0, 0.1) is 11.3 Å². The maximum absolute atomic E-state index is 13.0. The van der Waals surface area contributed by atoms with E-state index < -0.39 is 5.60 Å². The van der Waals surface area contributed by atoms with Gasteiger partial charge < -0.3 is 19.1 Å². The Morgan fingerprint density at radius 3 is 2.77 bits per heavy atom. The highest BCUT2D eigenvalue weighted by Crippen LogP contribution is 2.59. The molecule has 1 amide bonds. The Balaban J connectivity index is 1.40. The van der Waals surface area contributed by atoms with Gasteiger partial charge in [-0.3, -0.25) is 4.90 Å². The van der Waals surface area contributed by atoms with E-state index in [9.17, 15) is 9.59 Å². The maximum atomic E-state index is 13.0. The molecule has 0 saturated carbocycles. The lowest BCUT2D eigenvalue weighted by Crippen LogP contribution is -2.63. The van der Waals surface area contributed by atoms with Crippen LogP contribution in [0.4, 0.5) is 4.79 Å². The monoisotopic (exact) mass is 426 g/mol. The Hall–Kier alpha value is -2.38. The molecule has 1 aliphatic carbocycles. The van der Waals surface area contributed by atoms with Gasteiger partial charge in [-0.1, -0.05) is 30.3 Å². The smallest absolute Gasteiger partial charge is 0.410 e. The Bertz CT molecular complexity index is 902. The number of carbonyl (C=O) groups is 2. The molecule has 1 spiro atoms. The van der Waals surface area contributed by atoms with E-state index in [0.29, 0.717) is 26.4 Å². The summed E-state index contributed by atoms with van der Waals surface area (Å²) >= 11 is 0. The van der Waals surface area contributed by atoms with E-state index >= 15 is 0 Å². The second kappa shape index (κ2) is 7.64. The number of likely N-dealkylation sites (tertiary alicyclic amines) is 1. The fraction of sp³-hybridized carbons (Fsp3) is 0.583. The zero-order chi connectivity index (χ0) is 21.6. The first kappa shape index (κ1) is 20.5. The molecule has 7 heteroatoms. The summed E-state index contributed by atoms with van der Waals surface area (Å²) in [6, 6.07) is 9.87. The van der Waals surface area contributed by atoms with E-state index in [1.54, 1.807) is 0 Å². The van der Waals surface area contributed by atoms with E-state index in [1.807, 2.05) is 48.2 Å². The fourth-order valence-corrected chi connectivity index (χ4v) is 6.38. The quantitative estimate of drug-likeness (QED) is 0.690. The zero-order valence-corrected chi connectivity index (χ0v) is 18.2. The minimum absolute atomic E-state index is 0.0644. The number of esters is 1. The number of benzene rings is 1. The molecule has 3 aliphatic heterocycles. The molecule has 0 N–H and O–H groups in total. The van der Waals surface area contributed by atoms with Gasteiger partial charge in [0.15, 0.2) is 0 Å². The average Bonchev–Trinajstić information content (AvgIpc) is 3.33. The van der Waals surface area contributed by atoms with Crippen molar-refractivity contribution in [1.82, 2.24) is 9.80 Å². The van der Waals surface area contributed by atoms with Crippen molar-refractivity contribution >= 4 is 12.1 Å². The summed E-state index contributed by atoms with van der Waals surface area (Å²) in [6.45, 7) is 7.11. The van der Waals surface area contributed by atoms with Gasteiger partial charge in [0.05, 0.1) is 12.6 Å². The third-order valence-corrected chi connectivity index (χ3v) is 7.52. The number of nitrogens with zero attached hydrogens (tertiary/aromatic N) is 2. The molecule has 3 fully saturated rings. The van der Waals surface area contributed by atoms with Gasteiger partial charge in [-0.25, -0.2) is 9.59 Å². The molecular weight excluding hydrogens is 396 g/mol. The maximum Gasteiger partial charge on any atom is 0.410 e. The lowest BCUT2D eigenvalue weighted by atomic mass is 9.56. The predicted molar refractivity (Wildman–Crippen MR) is 113 cm³/mol. The highest BCUT2D eigenvalue weighted by atomic mass is 16.6. The van der Waals surface area contributed by atoms with Crippen molar-refractivity contribution in [3.8, 4) is 0 Å². The molecule has 4 aliphatic rings. The Labute approximate surface area is 182 Å². The summed E-state index contributed by atoms with van der Waals surface area (Å²) in [5.74, 6) is -0.185. The number of carbonyl (C=O) groups excluding carboxylic acids is 2. The molecule has 1 aromatic carbocycles. The van der Waals surface area contributed by atoms with E-state index in [0.717, 1.165) is 30.5 Å². The van der Waals surface area contributed by atoms with Crippen LogP contribution in [0.1, 0.15) is 32.3 Å². The number of piperidine rings is 1. The molecule has 0 radical (unpaired) electrons. The van der Waals surface area contributed by atoms with E-state index in [4.69, 9.17) is 14.2 Å². The molecule has 3 heterocycles. The summed E-state index contributed by atoms with van der Waals surface area (Å²) in [5, 5.41) is 0. The van der Waals surface area contributed by atoms with E-state index in [-0.39, 0.29) is 36.0 Å². The van der Waals surface area contributed by atoms with Crippen LogP contribution in [0.25, 0.3) is 0 Å². The molecule has 0 bridgehead atoms. The van der Waals surface area contributed by atoms with Crippen molar-refractivity contribution in [3.05, 3.63) is 47.5 Å². The van der Waals surface area contributed by atoms with Crippen LogP contribution in [-0.2, 0) is 25.6 Å². The van der Waals surface area contributed by atoms with Crippen molar-refractivity contribution < 1.29 is 23.8 Å². The number of hydrogen-bond acceptors (Lipinski definition) is 6. The van der Waals surface area contributed by atoms with Gasteiger partial charge in [0.1, 0.15) is 18.9 Å². The van der Waals surface area contributed by atoms with Crippen molar-refractivity contribution in [3.63, 3.8) is 0 Å². The lowest BCUT2D eigenvalue weighted by molar-refractivity contribution is -0.141. The largest absolute Gasteiger partial charge is 0.463 e.